The van der Waals surface area contributed by atoms with Gasteiger partial charge in [-0.05, 0) is 11.6 Å². The predicted octanol–water partition coefficient (Wildman–Crippen LogP) is 0.540. The van der Waals surface area contributed by atoms with Gasteiger partial charge in [0.05, 0.1) is 12.7 Å². The highest BCUT2D eigenvalue weighted by molar-refractivity contribution is 7.98. The highest BCUT2D eigenvalue weighted by Gasteiger charge is 2.05. The van der Waals surface area contributed by atoms with E-state index in [1.807, 2.05) is 12.1 Å². The minimum absolute atomic E-state index is 0.231. The average molecular weight is 224 g/mol. The summed E-state index contributed by atoms with van der Waals surface area (Å²) in [5.74, 6) is 1.07. The fraction of sp³-hybridized carbons (Fsp3) is 0.400. The van der Waals surface area contributed by atoms with E-state index in [0.717, 1.165) is 5.56 Å². The number of thioether (sulfide) groups is 1. The molecule has 5 heteroatoms. The molecule has 1 atom stereocenters. The fourth-order valence-electron chi connectivity index (χ4n) is 1.01. The fourth-order valence-corrected chi connectivity index (χ4v) is 1.96. The first-order valence-corrected chi connectivity index (χ1v) is 5.64. The van der Waals surface area contributed by atoms with Crippen LogP contribution in [0.4, 0.5) is 0 Å². The molecular weight excluding hydrogens is 212 g/mol. The van der Waals surface area contributed by atoms with Crippen LogP contribution in [-0.4, -0.2) is 33.7 Å². The van der Waals surface area contributed by atoms with E-state index in [1.165, 1.54) is 11.8 Å². The number of aliphatic hydroxyl groups excluding tert-OH is 2. The molecule has 1 unspecified atom stereocenters. The quantitative estimate of drug-likeness (QED) is 0.763. The molecule has 0 radical (unpaired) electrons. The van der Waals surface area contributed by atoms with Crippen LogP contribution in [0.1, 0.15) is 11.3 Å². The van der Waals surface area contributed by atoms with Gasteiger partial charge in [-0.25, -0.2) is 4.98 Å². The Kier molecular flexibility index (Phi) is 5.12. The molecule has 0 aliphatic rings. The zero-order valence-corrected chi connectivity index (χ0v) is 8.94. The molecule has 0 aliphatic carbocycles. The summed E-state index contributed by atoms with van der Waals surface area (Å²) >= 11 is 1.47. The number of nitrogens with zero attached hydrogens (tertiary/aromatic N) is 2. The number of pyridine rings is 1. The van der Waals surface area contributed by atoms with E-state index in [9.17, 15) is 0 Å². The first kappa shape index (κ1) is 12.0. The van der Waals surface area contributed by atoms with Crippen LogP contribution in [0.2, 0.25) is 0 Å². The second-order valence-electron chi connectivity index (χ2n) is 2.97. The smallest absolute Gasteiger partial charge is 0.144 e. The van der Waals surface area contributed by atoms with E-state index >= 15 is 0 Å². The maximum absolute atomic E-state index is 9.11. The molecule has 80 valence electrons. The minimum atomic E-state index is -0.697. The van der Waals surface area contributed by atoms with Crippen LogP contribution in [-0.2, 0) is 5.75 Å². The Morgan fingerprint density at radius 1 is 1.60 bits per heavy atom. The highest BCUT2D eigenvalue weighted by atomic mass is 32.2. The highest BCUT2D eigenvalue weighted by Crippen LogP contribution is 2.15. The van der Waals surface area contributed by atoms with Crippen LogP contribution in [0.25, 0.3) is 0 Å². The standard InChI is InChI=1S/C10H12N2O2S/c11-4-10-8(2-1-3-12-10)6-15-7-9(14)5-13/h1-3,9,13-14H,5-7H2. The molecule has 2 N–H and O–H groups in total. The van der Waals surface area contributed by atoms with Gasteiger partial charge in [-0.2, -0.15) is 17.0 Å². The van der Waals surface area contributed by atoms with E-state index in [-0.39, 0.29) is 6.61 Å². The first-order chi connectivity index (χ1) is 7.27. The third kappa shape index (κ3) is 3.88. The van der Waals surface area contributed by atoms with Gasteiger partial charge in [-0.1, -0.05) is 6.07 Å². The van der Waals surface area contributed by atoms with Crippen LogP contribution in [0.15, 0.2) is 18.3 Å². The number of aliphatic hydroxyl groups is 2. The van der Waals surface area contributed by atoms with E-state index < -0.39 is 6.10 Å². The third-order valence-corrected chi connectivity index (χ3v) is 2.91. The van der Waals surface area contributed by atoms with Crippen molar-refractivity contribution in [3.8, 4) is 6.07 Å². The third-order valence-electron chi connectivity index (χ3n) is 1.78. The number of aromatic nitrogens is 1. The van der Waals surface area contributed by atoms with Gasteiger partial charge in [0, 0.05) is 17.7 Å². The summed E-state index contributed by atoms with van der Waals surface area (Å²) in [6.07, 6.45) is 0.882. The summed E-state index contributed by atoms with van der Waals surface area (Å²) in [5, 5.41) is 26.5. The summed E-state index contributed by atoms with van der Waals surface area (Å²) in [6, 6.07) is 5.63. The Bertz CT molecular complexity index is 352. The lowest BCUT2D eigenvalue weighted by molar-refractivity contribution is 0.113. The Morgan fingerprint density at radius 3 is 3.07 bits per heavy atom. The molecule has 1 heterocycles. The van der Waals surface area contributed by atoms with Crippen LogP contribution in [0.3, 0.4) is 0 Å². The zero-order chi connectivity index (χ0) is 11.1. The summed E-state index contributed by atoms with van der Waals surface area (Å²) in [4.78, 5) is 3.93. The second kappa shape index (κ2) is 6.40. The van der Waals surface area contributed by atoms with Gasteiger partial charge in [0.25, 0.3) is 0 Å². The molecule has 0 fully saturated rings. The van der Waals surface area contributed by atoms with Crippen LogP contribution in [0.5, 0.6) is 0 Å². The number of hydrogen-bond donors (Lipinski definition) is 2. The molecule has 0 bridgehead atoms. The van der Waals surface area contributed by atoms with Crippen molar-refractivity contribution in [1.29, 1.82) is 5.26 Å². The van der Waals surface area contributed by atoms with Gasteiger partial charge in [0.15, 0.2) is 0 Å². The molecule has 1 rings (SSSR count). The van der Waals surface area contributed by atoms with Crippen molar-refractivity contribution in [2.24, 2.45) is 0 Å². The topological polar surface area (TPSA) is 77.1 Å². The molecule has 15 heavy (non-hydrogen) atoms. The van der Waals surface area contributed by atoms with E-state index in [1.54, 1.807) is 12.3 Å². The Balaban J connectivity index is 2.47. The van der Waals surface area contributed by atoms with Gasteiger partial charge in [-0.15, -0.1) is 0 Å². The lowest BCUT2D eigenvalue weighted by Gasteiger charge is -2.06. The second-order valence-corrected chi connectivity index (χ2v) is 4.00. The molecule has 0 amide bonds. The van der Waals surface area contributed by atoms with Crippen LogP contribution < -0.4 is 0 Å². The Labute approximate surface area is 92.6 Å². The van der Waals surface area contributed by atoms with Gasteiger partial charge in [0.2, 0.25) is 0 Å². The molecular formula is C10H12N2O2S. The van der Waals surface area contributed by atoms with Gasteiger partial charge in [-0.3, -0.25) is 0 Å². The molecule has 0 saturated heterocycles. The monoisotopic (exact) mass is 224 g/mol. The van der Waals surface area contributed by atoms with Crippen LogP contribution >= 0.6 is 11.8 Å². The number of rotatable bonds is 5. The van der Waals surface area contributed by atoms with Gasteiger partial charge < -0.3 is 10.2 Å². The molecule has 0 aliphatic heterocycles. The Morgan fingerprint density at radius 2 is 2.40 bits per heavy atom. The summed E-state index contributed by atoms with van der Waals surface area (Å²) in [6.45, 7) is -0.231. The molecule has 0 saturated carbocycles. The summed E-state index contributed by atoms with van der Waals surface area (Å²) in [5.41, 5.74) is 1.28. The molecule has 4 nitrogen and oxygen atoms in total. The van der Waals surface area contributed by atoms with Crippen molar-refractivity contribution >= 4 is 11.8 Å². The summed E-state index contributed by atoms with van der Waals surface area (Å²) in [7, 11) is 0. The average Bonchev–Trinajstić information content (AvgIpc) is 2.29. The molecule has 0 aromatic carbocycles. The first-order valence-electron chi connectivity index (χ1n) is 4.48. The van der Waals surface area contributed by atoms with E-state index in [2.05, 4.69) is 4.98 Å². The molecule has 1 aromatic rings. The van der Waals surface area contributed by atoms with Crippen molar-refractivity contribution in [3.63, 3.8) is 0 Å². The maximum atomic E-state index is 9.11. The maximum Gasteiger partial charge on any atom is 0.144 e. The largest absolute Gasteiger partial charge is 0.394 e. The SMILES string of the molecule is N#Cc1ncccc1CSCC(O)CO. The van der Waals surface area contributed by atoms with Crippen molar-refractivity contribution < 1.29 is 10.2 Å². The lowest BCUT2D eigenvalue weighted by Crippen LogP contribution is -2.14. The Hall–Kier alpha value is -1.09. The number of hydrogen-bond acceptors (Lipinski definition) is 5. The zero-order valence-electron chi connectivity index (χ0n) is 8.13. The van der Waals surface area contributed by atoms with E-state index in [0.29, 0.717) is 17.2 Å². The van der Waals surface area contributed by atoms with Crippen molar-refractivity contribution in [3.05, 3.63) is 29.6 Å². The minimum Gasteiger partial charge on any atom is -0.394 e. The van der Waals surface area contributed by atoms with Gasteiger partial charge >= 0.3 is 0 Å². The van der Waals surface area contributed by atoms with Crippen LogP contribution in [0, 0.1) is 11.3 Å². The normalized spacial score (nSPS) is 12.1. The van der Waals surface area contributed by atoms with E-state index in [4.69, 9.17) is 15.5 Å². The van der Waals surface area contributed by atoms with Crippen molar-refractivity contribution in [2.45, 2.75) is 11.9 Å². The lowest BCUT2D eigenvalue weighted by atomic mass is 10.2. The number of nitriles is 1. The summed E-state index contributed by atoms with van der Waals surface area (Å²) < 4.78 is 0. The molecule has 0 spiro atoms. The molecule has 1 aromatic heterocycles. The van der Waals surface area contributed by atoms with Gasteiger partial charge in [0.1, 0.15) is 11.8 Å². The van der Waals surface area contributed by atoms with Crippen molar-refractivity contribution in [1.82, 2.24) is 4.98 Å². The van der Waals surface area contributed by atoms with Crippen molar-refractivity contribution in [2.75, 3.05) is 12.4 Å². The predicted molar refractivity (Wildman–Crippen MR) is 58.2 cm³/mol.